The lowest BCUT2D eigenvalue weighted by atomic mass is 10.1. The molecule has 0 unspecified atom stereocenters. The van der Waals surface area contributed by atoms with Crippen molar-refractivity contribution in [2.75, 3.05) is 26.5 Å². The lowest BCUT2D eigenvalue weighted by Gasteiger charge is -2.18. The predicted octanol–water partition coefficient (Wildman–Crippen LogP) is 4.48. The normalized spacial score (nSPS) is 11.3. The second-order valence-electron chi connectivity index (χ2n) is 8.22. The molecule has 0 saturated carbocycles. The van der Waals surface area contributed by atoms with Crippen molar-refractivity contribution in [2.24, 2.45) is 0 Å². The molecule has 0 aliphatic carbocycles. The first-order valence-electron chi connectivity index (χ1n) is 11.2. The van der Waals surface area contributed by atoms with Gasteiger partial charge in [-0.1, -0.05) is 42.5 Å². The van der Waals surface area contributed by atoms with E-state index in [9.17, 15) is 13.2 Å². The summed E-state index contributed by atoms with van der Waals surface area (Å²) < 4.78 is 30.9. The smallest absolute Gasteiger partial charge is 0.253 e. The number of carbonyl (C=O) groups excluding carboxylic acids is 1. The fourth-order valence-electron chi connectivity index (χ4n) is 3.72. The summed E-state index contributed by atoms with van der Waals surface area (Å²) >= 11 is 0. The molecule has 0 fully saturated rings. The van der Waals surface area contributed by atoms with Gasteiger partial charge in [0.2, 0.25) is 0 Å². The number of rotatable bonds is 9. The van der Waals surface area contributed by atoms with Gasteiger partial charge in [-0.15, -0.1) is 0 Å². The van der Waals surface area contributed by atoms with E-state index in [-0.39, 0.29) is 10.8 Å². The topological polar surface area (TPSA) is 81.5 Å². The highest BCUT2D eigenvalue weighted by atomic mass is 32.2. The summed E-state index contributed by atoms with van der Waals surface area (Å²) in [7, 11) is -1.54. The molecule has 0 radical (unpaired) electrons. The summed E-state index contributed by atoms with van der Waals surface area (Å²) in [4.78, 5) is 14.9. The maximum atomic E-state index is 13.0. The second-order valence-corrected chi connectivity index (χ2v) is 10.2. The van der Waals surface area contributed by atoms with Crippen LogP contribution in [0.1, 0.15) is 16.8 Å². The highest BCUT2D eigenvalue weighted by molar-refractivity contribution is 7.90. The average molecular weight is 490 g/mol. The zero-order chi connectivity index (χ0) is 24.8. The van der Waals surface area contributed by atoms with E-state index in [4.69, 9.17) is 4.74 Å². The molecule has 0 spiro atoms. The van der Waals surface area contributed by atoms with Gasteiger partial charge in [-0.25, -0.2) is 13.1 Å². The number of sulfone groups is 1. The van der Waals surface area contributed by atoms with Gasteiger partial charge in [0.05, 0.1) is 29.1 Å². The van der Waals surface area contributed by atoms with Crippen molar-refractivity contribution >= 4 is 15.7 Å². The molecular weight excluding hydrogens is 462 g/mol. The van der Waals surface area contributed by atoms with Crippen LogP contribution in [0.25, 0.3) is 16.9 Å². The van der Waals surface area contributed by atoms with E-state index < -0.39 is 9.84 Å². The molecular formula is C27H27N3O4S. The van der Waals surface area contributed by atoms with Gasteiger partial charge in [0, 0.05) is 31.0 Å². The quantitative estimate of drug-likeness (QED) is 0.324. The third-order valence-corrected chi connectivity index (χ3v) is 6.65. The molecule has 35 heavy (non-hydrogen) atoms. The zero-order valence-corrected chi connectivity index (χ0v) is 20.5. The standard InChI is InChI=1S/C27H27N3O4S/c1-29(17-8-18-34-24-13-7-14-25(20-24)35(2,32)33)27(31)22-11-6-12-23(19-22)30-26(15-16-28-30)21-9-4-3-5-10-21/h3-7,9-16,19-20H,8,17-18H2,1-2H3. The summed E-state index contributed by atoms with van der Waals surface area (Å²) in [5.74, 6) is 0.391. The van der Waals surface area contributed by atoms with Crippen LogP contribution in [0.4, 0.5) is 0 Å². The van der Waals surface area contributed by atoms with Gasteiger partial charge in [-0.05, 0) is 48.9 Å². The molecule has 0 aliphatic rings. The third-order valence-electron chi connectivity index (χ3n) is 5.54. The number of carbonyl (C=O) groups is 1. The third kappa shape index (κ3) is 5.96. The Bertz CT molecular complexity index is 1420. The molecule has 4 aromatic rings. The summed E-state index contributed by atoms with van der Waals surface area (Å²) in [5, 5.41) is 4.46. The largest absolute Gasteiger partial charge is 0.493 e. The maximum absolute atomic E-state index is 13.0. The Balaban J connectivity index is 1.38. The summed E-state index contributed by atoms with van der Waals surface area (Å²) in [6.45, 7) is 0.852. The van der Waals surface area contributed by atoms with Gasteiger partial charge in [-0.2, -0.15) is 5.10 Å². The molecule has 1 aromatic heterocycles. The second kappa shape index (κ2) is 10.6. The van der Waals surface area contributed by atoms with Crippen molar-refractivity contribution < 1.29 is 17.9 Å². The number of benzene rings is 3. The maximum Gasteiger partial charge on any atom is 0.253 e. The molecule has 0 saturated heterocycles. The van der Waals surface area contributed by atoms with Crippen LogP contribution in [-0.2, 0) is 9.84 Å². The monoisotopic (exact) mass is 489 g/mol. The predicted molar refractivity (Wildman–Crippen MR) is 136 cm³/mol. The van der Waals surface area contributed by atoms with Crippen LogP contribution in [0.2, 0.25) is 0 Å². The van der Waals surface area contributed by atoms with Crippen LogP contribution in [0, 0.1) is 0 Å². The van der Waals surface area contributed by atoms with Crippen LogP contribution in [0.15, 0.2) is 96.0 Å². The van der Waals surface area contributed by atoms with Gasteiger partial charge in [0.25, 0.3) is 5.91 Å². The van der Waals surface area contributed by atoms with Crippen molar-refractivity contribution in [1.82, 2.24) is 14.7 Å². The van der Waals surface area contributed by atoms with Crippen molar-refractivity contribution in [3.05, 3.63) is 96.7 Å². The minimum atomic E-state index is -3.29. The van der Waals surface area contributed by atoms with Gasteiger partial charge >= 0.3 is 0 Å². The first-order valence-corrected chi connectivity index (χ1v) is 13.1. The molecule has 0 atom stereocenters. The summed E-state index contributed by atoms with van der Waals surface area (Å²) in [5.41, 5.74) is 3.37. The molecule has 0 N–H and O–H groups in total. The highest BCUT2D eigenvalue weighted by Gasteiger charge is 2.14. The Morgan fingerprint density at radius 2 is 1.74 bits per heavy atom. The van der Waals surface area contributed by atoms with Gasteiger partial charge < -0.3 is 9.64 Å². The van der Waals surface area contributed by atoms with E-state index in [0.29, 0.717) is 30.9 Å². The molecule has 3 aromatic carbocycles. The first kappa shape index (κ1) is 24.2. The molecule has 8 heteroatoms. The minimum Gasteiger partial charge on any atom is -0.493 e. The number of ether oxygens (including phenoxy) is 1. The van der Waals surface area contributed by atoms with Crippen LogP contribution in [-0.4, -0.2) is 55.5 Å². The van der Waals surface area contributed by atoms with Crippen LogP contribution < -0.4 is 4.74 Å². The van der Waals surface area contributed by atoms with Crippen molar-refractivity contribution in [3.8, 4) is 22.7 Å². The molecule has 0 aliphatic heterocycles. The van der Waals surface area contributed by atoms with E-state index >= 15 is 0 Å². The number of aromatic nitrogens is 2. The minimum absolute atomic E-state index is 0.0978. The Morgan fingerprint density at radius 1 is 0.971 bits per heavy atom. The lowest BCUT2D eigenvalue weighted by molar-refractivity contribution is 0.0788. The van der Waals surface area contributed by atoms with Crippen LogP contribution in [0.5, 0.6) is 5.75 Å². The van der Waals surface area contributed by atoms with Gasteiger partial charge in [0.1, 0.15) is 5.75 Å². The molecule has 0 bridgehead atoms. The SMILES string of the molecule is CN(CCCOc1cccc(S(C)(=O)=O)c1)C(=O)c1cccc(-n2nccc2-c2ccccc2)c1. The fraction of sp³-hybridized carbons (Fsp3) is 0.185. The average Bonchev–Trinajstić information content (AvgIpc) is 3.36. The van der Waals surface area contributed by atoms with Crippen molar-refractivity contribution in [3.63, 3.8) is 0 Å². The lowest BCUT2D eigenvalue weighted by Crippen LogP contribution is -2.28. The summed E-state index contributed by atoms with van der Waals surface area (Å²) in [6.07, 6.45) is 3.51. The molecule has 1 heterocycles. The highest BCUT2D eigenvalue weighted by Crippen LogP contribution is 2.23. The van der Waals surface area contributed by atoms with Crippen LogP contribution in [0.3, 0.4) is 0 Å². The number of hydrogen-bond acceptors (Lipinski definition) is 5. The Hall–Kier alpha value is -3.91. The van der Waals surface area contributed by atoms with Crippen LogP contribution >= 0.6 is 0 Å². The van der Waals surface area contributed by atoms with E-state index in [0.717, 1.165) is 23.2 Å². The van der Waals surface area contributed by atoms with Gasteiger partial charge in [0.15, 0.2) is 9.84 Å². The fourth-order valence-corrected chi connectivity index (χ4v) is 4.37. The molecule has 7 nitrogen and oxygen atoms in total. The molecule has 4 rings (SSSR count). The number of amides is 1. The van der Waals surface area contributed by atoms with E-state index in [1.54, 1.807) is 36.3 Å². The molecule has 1 amide bonds. The number of nitrogens with zero attached hydrogens (tertiary/aromatic N) is 3. The number of hydrogen-bond donors (Lipinski definition) is 0. The zero-order valence-electron chi connectivity index (χ0n) is 19.7. The van der Waals surface area contributed by atoms with E-state index in [1.807, 2.05) is 59.3 Å². The van der Waals surface area contributed by atoms with Crippen molar-refractivity contribution in [2.45, 2.75) is 11.3 Å². The molecule has 180 valence electrons. The van der Waals surface area contributed by atoms with Crippen molar-refractivity contribution in [1.29, 1.82) is 0 Å². The Morgan fingerprint density at radius 3 is 2.51 bits per heavy atom. The van der Waals surface area contributed by atoms with Gasteiger partial charge in [-0.3, -0.25) is 4.79 Å². The van der Waals surface area contributed by atoms with E-state index in [2.05, 4.69) is 5.10 Å². The van der Waals surface area contributed by atoms with E-state index in [1.165, 1.54) is 12.1 Å². The Kier molecular flexibility index (Phi) is 7.31. The summed E-state index contributed by atoms with van der Waals surface area (Å²) in [6, 6.07) is 25.7. The Labute approximate surface area is 205 Å². The first-order chi connectivity index (χ1) is 16.8.